The first kappa shape index (κ1) is 15.7. The van der Waals surface area contributed by atoms with Gasteiger partial charge in [0.05, 0.1) is 5.69 Å². The van der Waals surface area contributed by atoms with Gasteiger partial charge in [-0.15, -0.1) is 0 Å². The lowest BCUT2D eigenvalue weighted by molar-refractivity contribution is -0.139. The summed E-state index contributed by atoms with van der Waals surface area (Å²) >= 11 is 3.30. The van der Waals surface area contributed by atoms with Gasteiger partial charge in [0.15, 0.2) is 0 Å². The monoisotopic (exact) mass is 353 g/mol. The van der Waals surface area contributed by atoms with E-state index in [0.29, 0.717) is 17.8 Å². The summed E-state index contributed by atoms with van der Waals surface area (Å²) in [5.74, 6) is -0.890. The zero-order valence-corrected chi connectivity index (χ0v) is 13.1. The van der Waals surface area contributed by atoms with Crippen molar-refractivity contribution < 1.29 is 9.90 Å². The largest absolute Gasteiger partial charge is 0.480 e. The molecular weight excluding hydrogens is 338 g/mol. The lowest BCUT2D eigenvalue weighted by Gasteiger charge is -2.13. The summed E-state index contributed by atoms with van der Waals surface area (Å²) in [4.78, 5) is 27.4. The third-order valence-corrected chi connectivity index (χ3v) is 3.55. The minimum Gasteiger partial charge on any atom is -0.480 e. The van der Waals surface area contributed by atoms with E-state index in [0.717, 1.165) is 10.9 Å². The molecule has 0 saturated carbocycles. The van der Waals surface area contributed by atoms with Crippen molar-refractivity contribution >= 4 is 27.5 Å². The molecule has 0 spiro atoms. The van der Waals surface area contributed by atoms with Crippen molar-refractivity contribution in [1.82, 2.24) is 14.7 Å². The summed E-state index contributed by atoms with van der Waals surface area (Å²) in [6, 6.07) is 4.32. The average Bonchev–Trinajstić information content (AvgIpc) is 2.44. The third-order valence-electron chi connectivity index (χ3n) is 3.08. The van der Waals surface area contributed by atoms with Gasteiger partial charge in [-0.1, -0.05) is 13.3 Å². The molecule has 0 aliphatic rings. The summed E-state index contributed by atoms with van der Waals surface area (Å²) in [7, 11) is 0. The molecule has 0 aliphatic carbocycles. The van der Waals surface area contributed by atoms with E-state index < -0.39 is 12.0 Å². The minimum atomic E-state index is -0.890. The van der Waals surface area contributed by atoms with E-state index in [9.17, 15) is 9.59 Å². The number of pyridine rings is 1. The first-order valence-electron chi connectivity index (χ1n) is 6.65. The highest BCUT2D eigenvalue weighted by molar-refractivity contribution is 9.10. The first-order chi connectivity index (χ1) is 10.0. The van der Waals surface area contributed by atoms with Crippen molar-refractivity contribution in [3.05, 3.63) is 44.9 Å². The standard InChI is InChI=1S/C14H16BrN3O3/c1-2-3-11(14(20)21)16-7-10-6-13(19)18-8-9(15)4-5-12(18)17-10/h4-6,8,11,16H,2-3,7H2,1H3,(H,20,21). The molecule has 2 aromatic rings. The van der Waals surface area contributed by atoms with Crippen molar-refractivity contribution in [2.45, 2.75) is 32.4 Å². The van der Waals surface area contributed by atoms with Gasteiger partial charge in [0.2, 0.25) is 0 Å². The van der Waals surface area contributed by atoms with Crippen LogP contribution in [-0.2, 0) is 11.3 Å². The molecule has 2 heterocycles. The van der Waals surface area contributed by atoms with E-state index in [2.05, 4.69) is 26.2 Å². The van der Waals surface area contributed by atoms with E-state index in [1.54, 1.807) is 18.3 Å². The average molecular weight is 354 g/mol. The number of aromatic nitrogens is 2. The predicted octanol–water partition coefficient (Wildman–Crippen LogP) is 1.80. The van der Waals surface area contributed by atoms with Crippen LogP contribution in [0.1, 0.15) is 25.5 Å². The number of carboxylic acids is 1. The third kappa shape index (κ3) is 3.89. The van der Waals surface area contributed by atoms with Gasteiger partial charge in [0.25, 0.3) is 5.56 Å². The Morgan fingerprint density at radius 2 is 2.29 bits per heavy atom. The van der Waals surface area contributed by atoms with Crippen LogP contribution in [0.4, 0.5) is 0 Å². The highest BCUT2D eigenvalue weighted by atomic mass is 79.9. The molecule has 0 saturated heterocycles. The number of carboxylic acid groups (broad SMARTS) is 1. The molecule has 2 N–H and O–H groups in total. The Labute approximate surface area is 130 Å². The van der Waals surface area contributed by atoms with Crippen LogP contribution in [0.2, 0.25) is 0 Å². The van der Waals surface area contributed by atoms with Gasteiger partial charge < -0.3 is 5.11 Å². The summed E-state index contributed by atoms with van der Waals surface area (Å²) in [5.41, 5.74) is 0.870. The van der Waals surface area contributed by atoms with E-state index in [1.165, 1.54) is 10.5 Å². The van der Waals surface area contributed by atoms with Crippen molar-refractivity contribution in [3.8, 4) is 0 Å². The number of rotatable bonds is 6. The molecule has 0 aromatic carbocycles. The predicted molar refractivity (Wildman–Crippen MR) is 82.3 cm³/mol. The van der Waals surface area contributed by atoms with Crippen LogP contribution >= 0.6 is 15.9 Å². The minimum absolute atomic E-state index is 0.194. The number of hydrogen-bond acceptors (Lipinski definition) is 4. The smallest absolute Gasteiger partial charge is 0.320 e. The lowest BCUT2D eigenvalue weighted by Crippen LogP contribution is -2.36. The second-order valence-electron chi connectivity index (χ2n) is 4.72. The summed E-state index contributed by atoms with van der Waals surface area (Å²) < 4.78 is 2.23. The number of aliphatic carboxylic acids is 1. The maximum Gasteiger partial charge on any atom is 0.320 e. The van der Waals surface area contributed by atoms with Crippen molar-refractivity contribution in [3.63, 3.8) is 0 Å². The van der Waals surface area contributed by atoms with Crippen LogP contribution < -0.4 is 10.9 Å². The van der Waals surface area contributed by atoms with Crippen LogP contribution in [0, 0.1) is 0 Å². The van der Waals surface area contributed by atoms with Crippen LogP contribution in [0.25, 0.3) is 5.65 Å². The Kier molecular flexibility index (Phi) is 5.08. The summed E-state index contributed by atoms with van der Waals surface area (Å²) in [6.45, 7) is 2.18. The van der Waals surface area contributed by atoms with Crippen LogP contribution in [0.5, 0.6) is 0 Å². The molecule has 2 rings (SSSR count). The Morgan fingerprint density at radius 1 is 1.52 bits per heavy atom. The Morgan fingerprint density at radius 3 is 2.95 bits per heavy atom. The van der Waals surface area contributed by atoms with Crippen molar-refractivity contribution in [1.29, 1.82) is 0 Å². The van der Waals surface area contributed by atoms with Gasteiger partial charge in [-0.2, -0.15) is 0 Å². The Balaban J connectivity index is 2.21. The second kappa shape index (κ2) is 6.82. The second-order valence-corrected chi connectivity index (χ2v) is 5.64. The number of nitrogens with zero attached hydrogens (tertiary/aromatic N) is 2. The first-order valence-corrected chi connectivity index (χ1v) is 7.44. The molecule has 7 heteroatoms. The van der Waals surface area contributed by atoms with Crippen LogP contribution in [-0.4, -0.2) is 26.5 Å². The van der Waals surface area contributed by atoms with E-state index >= 15 is 0 Å². The fourth-order valence-corrected chi connectivity index (χ4v) is 2.38. The Bertz CT molecular complexity index is 714. The molecule has 112 valence electrons. The molecule has 0 amide bonds. The van der Waals surface area contributed by atoms with Crippen LogP contribution in [0.3, 0.4) is 0 Å². The normalized spacial score (nSPS) is 12.5. The number of nitrogens with one attached hydrogen (secondary N) is 1. The van der Waals surface area contributed by atoms with Gasteiger partial charge in [0, 0.05) is 23.3 Å². The highest BCUT2D eigenvalue weighted by Crippen LogP contribution is 2.09. The summed E-state index contributed by atoms with van der Waals surface area (Å²) in [6.07, 6.45) is 2.96. The Hall–Kier alpha value is -1.73. The van der Waals surface area contributed by atoms with Gasteiger partial charge in [-0.05, 0) is 34.5 Å². The number of carbonyl (C=O) groups is 1. The van der Waals surface area contributed by atoms with E-state index in [4.69, 9.17) is 5.11 Å². The number of fused-ring (bicyclic) bond motifs is 1. The molecule has 21 heavy (non-hydrogen) atoms. The van der Waals surface area contributed by atoms with Gasteiger partial charge >= 0.3 is 5.97 Å². The molecule has 0 bridgehead atoms. The van der Waals surface area contributed by atoms with E-state index in [1.807, 2.05) is 6.92 Å². The fraction of sp³-hybridized carbons (Fsp3) is 0.357. The SMILES string of the molecule is CCCC(NCc1cc(=O)n2cc(Br)ccc2n1)C(=O)O. The highest BCUT2D eigenvalue weighted by Gasteiger charge is 2.15. The maximum absolute atomic E-state index is 12.0. The zero-order chi connectivity index (χ0) is 15.4. The van der Waals surface area contributed by atoms with Gasteiger partial charge in [-0.25, -0.2) is 4.98 Å². The molecule has 1 atom stereocenters. The molecule has 0 aliphatic heterocycles. The lowest BCUT2D eigenvalue weighted by atomic mass is 10.1. The fourth-order valence-electron chi connectivity index (χ4n) is 2.05. The van der Waals surface area contributed by atoms with Crippen molar-refractivity contribution in [2.75, 3.05) is 0 Å². The van der Waals surface area contributed by atoms with E-state index in [-0.39, 0.29) is 12.1 Å². The number of halogens is 1. The van der Waals surface area contributed by atoms with Crippen LogP contribution in [0.15, 0.2) is 33.7 Å². The summed E-state index contributed by atoms with van der Waals surface area (Å²) in [5, 5.41) is 12.0. The maximum atomic E-state index is 12.0. The topological polar surface area (TPSA) is 83.7 Å². The zero-order valence-electron chi connectivity index (χ0n) is 11.5. The molecule has 0 fully saturated rings. The van der Waals surface area contributed by atoms with Gasteiger partial charge in [0.1, 0.15) is 11.7 Å². The molecule has 6 nitrogen and oxygen atoms in total. The molecule has 2 aromatic heterocycles. The molecule has 0 radical (unpaired) electrons. The molecule has 1 unspecified atom stereocenters. The van der Waals surface area contributed by atoms with Gasteiger partial charge in [-0.3, -0.25) is 19.3 Å². The van der Waals surface area contributed by atoms with Crippen molar-refractivity contribution in [2.24, 2.45) is 0 Å². The molecular formula is C14H16BrN3O3. The quantitative estimate of drug-likeness (QED) is 0.827. The number of hydrogen-bond donors (Lipinski definition) is 2.